The fraction of sp³-hybridized carbons (Fsp3) is 0.300. The summed E-state index contributed by atoms with van der Waals surface area (Å²) in [7, 11) is 0. The van der Waals surface area contributed by atoms with E-state index in [2.05, 4.69) is 10.3 Å². The molecule has 2 heterocycles. The monoisotopic (exact) mass is 222 g/mol. The third-order valence-corrected chi connectivity index (χ3v) is 2.96. The molecule has 15 heavy (non-hydrogen) atoms. The van der Waals surface area contributed by atoms with Gasteiger partial charge in [-0.05, 0) is 18.9 Å². The summed E-state index contributed by atoms with van der Waals surface area (Å²) in [6.45, 7) is 0. The number of rotatable bonds is 1. The highest BCUT2D eigenvalue weighted by Gasteiger charge is 2.34. The zero-order valence-electron chi connectivity index (χ0n) is 7.71. The van der Waals surface area contributed by atoms with Crippen molar-refractivity contribution in [2.45, 2.75) is 18.8 Å². The first-order valence-corrected chi connectivity index (χ1v) is 5.10. The molecule has 0 spiro atoms. The summed E-state index contributed by atoms with van der Waals surface area (Å²) in [5, 5.41) is 2.34. The van der Waals surface area contributed by atoms with Crippen molar-refractivity contribution < 1.29 is 9.59 Å². The predicted octanol–water partition coefficient (Wildman–Crippen LogP) is 1.50. The van der Waals surface area contributed by atoms with Crippen molar-refractivity contribution in [1.82, 2.24) is 10.3 Å². The van der Waals surface area contributed by atoms with Crippen molar-refractivity contribution in [3.63, 3.8) is 0 Å². The number of pyridine rings is 1. The number of imide groups is 1. The smallest absolute Gasteiger partial charge is 0.262 e. The molecule has 0 unspecified atom stereocenters. The maximum absolute atomic E-state index is 11.4. The molecule has 0 radical (unpaired) electrons. The molecule has 1 N–H and O–H groups in total. The topological polar surface area (TPSA) is 59.1 Å². The Kier molecular flexibility index (Phi) is 1.65. The van der Waals surface area contributed by atoms with E-state index in [1.807, 2.05) is 0 Å². The first kappa shape index (κ1) is 8.85. The van der Waals surface area contributed by atoms with Gasteiger partial charge in [0.05, 0.1) is 11.1 Å². The lowest BCUT2D eigenvalue weighted by atomic mass is 10.1. The van der Waals surface area contributed by atoms with Crippen LogP contribution in [-0.2, 0) is 0 Å². The summed E-state index contributed by atoms with van der Waals surface area (Å²) in [6, 6.07) is 1.68. The van der Waals surface area contributed by atoms with E-state index < -0.39 is 5.91 Å². The van der Waals surface area contributed by atoms with Crippen molar-refractivity contribution >= 4 is 23.4 Å². The molecule has 5 heteroatoms. The van der Waals surface area contributed by atoms with Gasteiger partial charge in [-0.15, -0.1) is 0 Å². The second-order valence-corrected chi connectivity index (χ2v) is 4.18. The summed E-state index contributed by atoms with van der Waals surface area (Å²) in [5.41, 5.74) is 1.40. The van der Waals surface area contributed by atoms with Gasteiger partial charge in [0.2, 0.25) is 0 Å². The fourth-order valence-corrected chi connectivity index (χ4v) is 2.03. The standard InChI is InChI=1S/C10H7ClN2O2/c11-8-7-5(9(14)13-10(7)15)3-6(12-8)4-1-2-4/h3-4H,1-2H2,(H,13,14,15). The summed E-state index contributed by atoms with van der Waals surface area (Å²) in [4.78, 5) is 26.9. The number of halogens is 1. The number of fused-ring (bicyclic) bond motifs is 1. The van der Waals surface area contributed by atoms with Crippen LogP contribution in [0.15, 0.2) is 6.07 Å². The van der Waals surface area contributed by atoms with Crippen LogP contribution in [-0.4, -0.2) is 16.8 Å². The molecule has 4 nitrogen and oxygen atoms in total. The average molecular weight is 223 g/mol. The molecule has 0 aromatic carbocycles. The number of carbonyl (C=O) groups is 2. The molecule has 1 aromatic rings. The lowest BCUT2D eigenvalue weighted by Crippen LogP contribution is -2.20. The lowest BCUT2D eigenvalue weighted by molar-refractivity contribution is 0.0879. The van der Waals surface area contributed by atoms with Crippen LogP contribution in [0.2, 0.25) is 5.15 Å². The number of carbonyl (C=O) groups excluding carboxylic acids is 2. The minimum atomic E-state index is -0.449. The van der Waals surface area contributed by atoms with Gasteiger partial charge < -0.3 is 0 Å². The van der Waals surface area contributed by atoms with E-state index in [9.17, 15) is 9.59 Å². The Bertz CT molecular complexity index is 494. The van der Waals surface area contributed by atoms with Gasteiger partial charge >= 0.3 is 0 Å². The maximum Gasteiger partial charge on any atom is 0.262 e. The van der Waals surface area contributed by atoms with Crippen molar-refractivity contribution in [1.29, 1.82) is 0 Å². The SMILES string of the molecule is O=C1NC(=O)c2c1cc(C1CC1)nc2Cl. The molecule has 2 aliphatic rings. The van der Waals surface area contributed by atoms with E-state index in [0.717, 1.165) is 18.5 Å². The highest BCUT2D eigenvalue weighted by atomic mass is 35.5. The molecule has 1 aliphatic heterocycles. The Morgan fingerprint density at radius 1 is 1.33 bits per heavy atom. The number of amides is 2. The lowest BCUT2D eigenvalue weighted by Gasteiger charge is -2.01. The van der Waals surface area contributed by atoms with Crippen LogP contribution in [0.3, 0.4) is 0 Å². The molecule has 1 fully saturated rings. The summed E-state index contributed by atoms with van der Waals surface area (Å²) < 4.78 is 0. The van der Waals surface area contributed by atoms with Gasteiger partial charge in [-0.1, -0.05) is 11.6 Å². The second-order valence-electron chi connectivity index (χ2n) is 3.82. The minimum Gasteiger partial charge on any atom is -0.288 e. The molecule has 1 aliphatic carbocycles. The number of hydrogen-bond donors (Lipinski definition) is 1. The Hall–Kier alpha value is -1.42. The van der Waals surface area contributed by atoms with Gasteiger partial charge in [-0.3, -0.25) is 14.9 Å². The third-order valence-electron chi connectivity index (χ3n) is 2.69. The Morgan fingerprint density at radius 3 is 2.73 bits per heavy atom. The molecule has 76 valence electrons. The van der Waals surface area contributed by atoms with Crippen molar-refractivity contribution in [2.75, 3.05) is 0 Å². The molecule has 1 saturated carbocycles. The molecule has 2 amide bonds. The van der Waals surface area contributed by atoms with Gasteiger partial charge in [0.25, 0.3) is 11.8 Å². The van der Waals surface area contributed by atoms with Crippen LogP contribution in [0.4, 0.5) is 0 Å². The molecule has 0 atom stereocenters. The molecule has 0 bridgehead atoms. The Balaban J connectivity index is 2.21. The number of nitrogens with zero attached hydrogens (tertiary/aromatic N) is 1. The summed E-state index contributed by atoms with van der Waals surface area (Å²) in [6.07, 6.45) is 2.16. The van der Waals surface area contributed by atoms with Crippen LogP contribution >= 0.6 is 11.6 Å². The number of aromatic nitrogens is 1. The number of hydrogen-bond acceptors (Lipinski definition) is 3. The molecular formula is C10H7ClN2O2. The average Bonchev–Trinajstić information content (AvgIpc) is 2.95. The van der Waals surface area contributed by atoms with E-state index in [0.29, 0.717) is 11.5 Å². The van der Waals surface area contributed by atoms with Crippen LogP contribution in [0.25, 0.3) is 0 Å². The van der Waals surface area contributed by atoms with E-state index in [-0.39, 0.29) is 16.6 Å². The van der Waals surface area contributed by atoms with Crippen molar-refractivity contribution in [2.24, 2.45) is 0 Å². The quantitative estimate of drug-likeness (QED) is 0.579. The van der Waals surface area contributed by atoms with Crippen LogP contribution in [0.1, 0.15) is 45.2 Å². The maximum atomic E-state index is 11.4. The molecule has 0 saturated heterocycles. The van der Waals surface area contributed by atoms with Crippen LogP contribution in [0.5, 0.6) is 0 Å². The normalized spacial score (nSPS) is 19.0. The largest absolute Gasteiger partial charge is 0.288 e. The first-order valence-electron chi connectivity index (χ1n) is 4.73. The predicted molar refractivity (Wildman–Crippen MR) is 53.0 cm³/mol. The van der Waals surface area contributed by atoms with Crippen LogP contribution < -0.4 is 5.32 Å². The molecule has 3 rings (SSSR count). The Labute approximate surface area is 90.6 Å². The Morgan fingerprint density at radius 2 is 2.07 bits per heavy atom. The summed E-state index contributed by atoms with van der Waals surface area (Å²) in [5.74, 6) is -0.410. The molecule has 1 aromatic heterocycles. The van der Waals surface area contributed by atoms with Gasteiger partial charge in [0.1, 0.15) is 5.15 Å². The van der Waals surface area contributed by atoms with Crippen molar-refractivity contribution in [3.05, 3.63) is 28.0 Å². The highest BCUT2D eigenvalue weighted by Crippen LogP contribution is 2.40. The zero-order chi connectivity index (χ0) is 10.6. The van der Waals surface area contributed by atoms with Gasteiger partial charge in [-0.2, -0.15) is 0 Å². The van der Waals surface area contributed by atoms with Gasteiger partial charge in [0, 0.05) is 11.6 Å². The van der Waals surface area contributed by atoms with E-state index in [4.69, 9.17) is 11.6 Å². The second kappa shape index (κ2) is 2.79. The fourth-order valence-electron chi connectivity index (χ4n) is 1.75. The minimum absolute atomic E-state index is 0.137. The first-order chi connectivity index (χ1) is 7.16. The van der Waals surface area contributed by atoms with E-state index in [1.54, 1.807) is 6.07 Å². The van der Waals surface area contributed by atoms with Crippen molar-refractivity contribution in [3.8, 4) is 0 Å². The highest BCUT2D eigenvalue weighted by molar-refractivity contribution is 6.36. The van der Waals surface area contributed by atoms with E-state index in [1.165, 1.54) is 0 Å². The third kappa shape index (κ3) is 1.25. The van der Waals surface area contributed by atoms with Gasteiger partial charge in [-0.25, -0.2) is 4.98 Å². The summed E-state index contributed by atoms with van der Waals surface area (Å²) >= 11 is 5.88. The van der Waals surface area contributed by atoms with Crippen LogP contribution in [0, 0.1) is 0 Å². The van der Waals surface area contributed by atoms with Gasteiger partial charge in [0.15, 0.2) is 0 Å². The number of nitrogens with one attached hydrogen (secondary N) is 1. The molecular weight excluding hydrogens is 216 g/mol. The zero-order valence-corrected chi connectivity index (χ0v) is 8.47. The van der Waals surface area contributed by atoms with E-state index >= 15 is 0 Å².